The summed E-state index contributed by atoms with van der Waals surface area (Å²) in [5.74, 6) is -1.67. The maximum absolute atomic E-state index is 15.0. The molecule has 5 rings (SSSR count). The van der Waals surface area contributed by atoms with E-state index in [-0.39, 0.29) is 43.3 Å². The zero-order valence-electron chi connectivity index (χ0n) is 28.4. The van der Waals surface area contributed by atoms with E-state index in [9.17, 15) is 14.7 Å². The predicted molar refractivity (Wildman–Crippen MR) is 183 cm³/mol. The molecular weight excluding hydrogens is 594 g/mol. The Morgan fingerprint density at radius 1 is 1.06 bits per heavy atom. The third-order valence-corrected chi connectivity index (χ3v) is 9.93. The molecule has 3 amide bonds. The number of hydrogen-bond donors (Lipinski definition) is 1. The Bertz CT molecular complexity index is 1480. The Hall–Kier alpha value is -3.95. The molecule has 252 valence electrons. The number of rotatable bonds is 14. The molecule has 9 heteroatoms. The lowest BCUT2D eigenvalue weighted by molar-refractivity contribution is -0.144. The minimum atomic E-state index is -1.21. The molecule has 6 atom stereocenters. The fraction of sp³-hybridized carbons (Fsp3) is 0.500. The number of carbonyl (C=O) groups is 3. The van der Waals surface area contributed by atoms with Gasteiger partial charge in [-0.15, -0.1) is 13.2 Å². The number of hydrogen-bond acceptors (Lipinski definition) is 6. The van der Waals surface area contributed by atoms with Gasteiger partial charge in [0, 0.05) is 24.5 Å². The van der Waals surface area contributed by atoms with Crippen molar-refractivity contribution in [2.45, 2.75) is 77.7 Å². The molecule has 3 aliphatic heterocycles. The number of para-hydroxylation sites is 1. The molecule has 47 heavy (non-hydrogen) atoms. The highest BCUT2D eigenvalue weighted by atomic mass is 16.5. The first-order chi connectivity index (χ1) is 22.5. The van der Waals surface area contributed by atoms with E-state index < -0.39 is 35.6 Å². The quantitative estimate of drug-likeness (QED) is 0.284. The van der Waals surface area contributed by atoms with E-state index in [1.54, 1.807) is 26.9 Å². The maximum atomic E-state index is 15.0. The van der Waals surface area contributed by atoms with Crippen molar-refractivity contribution >= 4 is 29.1 Å². The Balaban J connectivity index is 1.60. The van der Waals surface area contributed by atoms with Crippen LogP contribution in [-0.4, -0.2) is 77.8 Å². The first kappa shape index (κ1) is 34.4. The number of carbonyl (C=O) groups excluding carboxylic acids is 3. The van der Waals surface area contributed by atoms with Crippen LogP contribution < -0.4 is 14.5 Å². The van der Waals surface area contributed by atoms with Crippen LogP contribution in [0.1, 0.15) is 51.2 Å². The van der Waals surface area contributed by atoms with Crippen molar-refractivity contribution in [1.82, 2.24) is 4.90 Å². The zero-order valence-corrected chi connectivity index (χ0v) is 28.4. The Morgan fingerprint density at radius 2 is 1.70 bits per heavy atom. The van der Waals surface area contributed by atoms with E-state index in [2.05, 4.69) is 13.2 Å². The summed E-state index contributed by atoms with van der Waals surface area (Å²) in [6.45, 7) is 18.4. The van der Waals surface area contributed by atoms with E-state index in [1.807, 2.05) is 77.1 Å². The van der Waals surface area contributed by atoms with Gasteiger partial charge in [-0.2, -0.15) is 0 Å². The lowest BCUT2D eigenvalue weighted by Gasteiger charge is -2.40. The molecule has 3 saturated heterocycles. The summed E-state index contributed by atoms with van der Waals surface area (Å²) < 4.78 is 12.4. The van der Waals surface area contributed by atoms with Crippen molar-refractivity contribution in [3.63, 3.8) is 0 Å². The average Bonchev–Trinajstić information content (AvgIpc) is 3.69. The molecule has 3 fully saturated rings. The monoisotopic (exact) mass is 643 g/mol. The number of anilines is 2. The van der Waals surface area contributed by atoms with Gasteiger partial charge < -0.3 is 29.3 Å². The van der Waals surface area contributed by atoms with E-state index in [4.69, 9.17) is 9.47 Å². The van der Waals surface area contributed by atoms with Gasteiger partial charge in [-0.05, 0) is 81.3 Å². The Morgan fingerprint density at radius 3 is 2.28 bits per heavy atom. The van der Waals surface area contributed by atoms with Gasteiger partial charge in [0.25, 0.3) is 5.91 Å². The van der Waals surface area contributed by atoms with Crippen molar-refractivity contribution in [3.8, 4) is 5.75 Å². The summed E-state index contributed by atoms with van der Waals surface area (Å²) in [5, 5.41) is 10.7. The second-order valence-corrected chi connectivity index (χ2v) is 13.4. The van der Waals surface area contributed by atoms with E-state index >= 15 is 4.79 Å². The normalized spacial score (nSPS) is 25.1. The standard InChI is InChI=1S/C38H49N3O6/c1-8-20-39(27-14-16-29(17-15-27)46-10-3)35(43)31-30-18-19-38(47-30)32(31)36(44)41(28(23-42)22-24(4)5)34(38)37(45)40(21-9-2)33-25(6)12-11-13-26(33)7/h8-9,11-17,24,28,30-32,34,42H,1-2,10,18-23H2,3-7H3/t28-,30-,31+,32+,34?,38?/m1/s1. The first-order valence-corrected chi connectivity index (χ1v) is 16.8. The first-order valence-electron chi connectivity index (χ1n) is 16.8. The molecule has 0 aromatic heterocycles. The van der Waals surface area contributed by atoms with Crippen LogP contribution in [0.4, 0.5) is 11.4 Å². The topological polar surface area (TPSA) is 99.6 Å². The van der Waals surface area contributed by atoms with Crippen LogP contribution >= 0.6 is 0 Å². The van der Waals surface area contributed by atoms with Gasteiger partial charge in [-0.3, -0.25) is 14.4 Å². The smallest absolute Gasteiger partial charge is 0.253 e. The third-order valence-electron chi connectivity index (χ3n) is 9.93. The molecule has 2 aromatic carbocycles. The number of benzene rings is 2. The molecule has 0 saturated carbocycles. The van der Waals surface area contributed by atoms with Gasteiger partial charge in [0.1, 0.15) is 17.4 Å². The summed E-state index contributed by atoms with van der Waals surface area (Å²) in [6, 6.07) is 11.5. The van der Waals surface area contributed by atoms with Gasteiger partial charge in [-0.1, -0.05) is 44.2 Å². The number of aliphatic hydroxyl groups is 1. The van der Waals surface area contributed by atoms with Crippen molar-refractivity contribution in [3.05, 3.63) is 78.9 Å². The van der Waals surface area contributed by atoms with Gasteiger partial charge in [-0.25, -0.2) is 0 Å². The van der Waals surface area contributed by atoms with Crippen molar-refractivity contribution < 1.29 is 29.0 Å². The Labute approximate surface area is 278 Å². The van der Waals surface area contributed by atoms with E-state index in [0.717, 1.165) is 16.8 Å². The molecular formula is C38H49N3O6. The molecule has 2 unspecified atom stereocenters. The van der Waals surface area contributed by atoms with Gasteiger partial charge in [0.05, 0.1) is 37.2 Å². The number of aliphatic hydroxyl groups excluding tert-OH is 1. The minimum Gasteiger partial charge on any atom is -0.494 e. The fourth-order valence-corrected chi connectivity index (χ4v) is 8.19. The van der Waals surface area contributed by atoms with Gasteiger partial charge >= 0.3 is 0 Å². The number of likely N-dealkylation sites (tertiary alicyclic amines) is 1. The second kappa shape index (κ2) is 14.0. The maximum Gasteiger partial charge on any atom is 0.253 e. The summed E-state index contributed by atoms with van der Waals surface area (Å²) >= 11 is 0. The summed E-state index contributed by atoms with van der Waals surface area (Å²) in [5.41, 5.74) is 2.06. The van der Waals surface area contributed by atoms with E-state index in [1.165, 1.54) is 0 Å². The molecule has 0 radical (unpaired) electrons. The molecule has 2 bridgehead atoms. The third kappa shape index (κ3) is 6.00. The highest BCUT2D eigenvalue weighted by Crippen LogP contribution is 2.59. The van der Waals surface area contributed by atoms with Crippen molar-refractivity contribution in [2.75, 3.05) is 36.1 Å². The highest BCUT2D eigenvalue weighted by Gasteiger charge is 2.75. The van der Waals surface area contributed by atoms with E-state index in [0.29, 0.717) is 37.3 Å². The lowest BCUT2D eigenvalue weighted by atomic mass is 9.70. The fourth-order valence-electron chi connectivity index (χ4n) is 8.19. The van der Waals surface area contributed by atoms with Crippen LogP contribution in [0.3, 0.4) is 0 Å². The predicted octanol–water partition coefficient (Wildman–Crippen LogP) is 5.22. The summed E-state index contributed by atoms with van der Waals surface area (Å²) in [4.78, 5) is 49.4. The molecule has 1 N–H and O–H groups in total. The summed E-state index contributed by atoms with van der Waals surface area (Å²) in [6.07, 6.45) is 4.33. The van der Waals surface area contributed by atoms with Crippen LogP contribution in [-0.2, 0) is 19.1 Å². The Kier molecular flexibility index (Phi) is 10.3. The summed E-state index contributed by atoms with van der Waals surface area (Å²) in [7, 11) is 0. The van der Waals surface area contributed by atoms with Crippen molar-refractivity contribution in [1.29, 1.82) is 0 Å². The molecule has 9 nitrogen and oxygen atoms in total. The number of amides is 3. The molecule has 3 heterocycles. The number of nitrogens with zero attached hydrogens (tertiary/aromatic N) is 3. The SMILES string of the molecule is C=CCN(C(=O)[C@@H]1[C@H]2C(=O)N([C@@H](CO)CC(C)C)C(C(=O)N(CC=C)c3c(C)cccc3C)C23CC[C@H]1O3)c1ccc(OCC)cc1. The molecule has 0 aliphatic carbocycles. The average molecular weight is 644 g/mol. The number of aryl methyl sites for hydroxylation is 2. The van der Waals surface area contributed by atoms with Crippen LogP contribution in [0.25, 0.3) is 0 Å². The largest absolute Gasteiger partial charge is 0.494 e. The van der Waals surface area contributed by atoms with Crippen LogP contribution in [0.5, 0.6) is 5.75 Å². The zero-order chi connectivity index (χ0) is 34.0. The number of ether oxygens (including phenoxy) is 2. The second-order valence-electron chi connectivity index (χ2n) is 13.4. The lowest BCUT2D eigenvalue weighted by Crippen LogP contribution is -2.59. The molecule has 1 spiro atoms. The van der Waals surface area contributed by atoms with Gasteiger partial charge in [0.2, 0.25) is 11.8 Å². The molecule has 2 aromatic rings. The highest BCUT2D eigenvalue weighted by molar-refractivity contribution is 6.07. The minimum absolute atomic E-state index is 0.147. The van der Waals surface area contributed by atoms with Crippen molar-refractivity contribution in [2.24, 2.45) is 17.8 Å². The molecule has 3 aliphatic rings. The van der Waals surface area contributed by atoms with Crippen LogP contribution in [0.15, 0.2) is 67.8 Å². The van der Waals surface area contributed by atoms with Gasteiger partial charge in [0.15, 0.2) is 0 Å². The number of fused-ring (bicyclic) bond motifs is 1. The van der Waals surface area contributed by atoms with Crippen LogP contribution in [0, 0.1) is 31.6 Å². The van der Waals surface area contributed by atoms with Crippen LogP contribution in [0.2, 0.25) is 0 Å².